The largest absolute Gasteiger partial charge is 1.00 e. The van der Waals surface area contributed by atoms with E-state index in [9.17, 15) is 4.79 Å². The lowest BCUT2D eigenvalue weighted by atomic mass is 9.80. The molecule has 2 rings (SSSR count). The molecule has 1 aliphatic carbocycles. The van der Waals surface area contributed by atoms with Crippen molar-refractivity contribution in [1.82, 2.24) is 0 Å². The third-order valence-electron chi connectivity index (χ3n) is 8.70. The van der Waals surface area contributed by atoms with Gasteiger partial charge in [-0.2, -0.15) is 0 Å². The Bertz CT molecular complexity index is 675. The summed E-state index contributed by atoms with van der Waals surface area (Å²) in [5, 5.41) is 0. The number of ketones is 1. The molecule has 0 N–H and O–H groups in total. The monoisotopic (exact) mass is 611 g/mol. The van der Waals surface area contributed by atoms with Crippen LogP contribution >= 0.6 is 0 Å². The Balaban J connectivity index is 0.00000648. The van der Waals surface area contributed by atoms with Gasteiger partial charge in [0, 0.05) is 24.8 Å². The van der Waals surface area contributed by atoms with E-state index in [4.69, 9.17) is 0 Å². The number of benzene rings is 1. The summed E-state index contributed by atoms with van der Waals surface area (Å²) in [5.41, 5.74) is 2.36. The van der Waals surface area contributed by atoms with Gasteiger partial charge >= 0.3 is 0 Å². The standard InChI is InChI=1S/C33H58NO.HI/c1-5-7-8-9-10-11-12-13-14-15-16-17-18-19-33(35)31-22-20-29(21-23-31)30-24-26-32(27-25-30)34(3,4)28-6-2;/h20-23,30,32H,5-19,24-28H2,1-4H3;1H/q+1;/p-1. The maximum atomic E-state index is 12.6. The molecule has 0 heterocycles. The van der Waals surface area contributed by atoms with Crippen LogP contribution in [0.25, 0.3) is 0 Å². The molecule has 0 unspecified atom stereocenters. The molecule has 0 aromatic heterocycles. The molecule has 1 saturated carbocycles. The summed E-state index contributed by atoms with van der Waals surface area (Å²) < 4.78 is 1.18. The van der Waals surface area contributed by atoms with Gasteiger partial charge in [0.15, 0.2) is 5.78 Å². The zero-order chi connectivity index (χ0) is 25.4. The minimum atomic E-state index is 0. The van der Waals surface area contributed by atoms with E-state index in [0.29, 0.717) is 18.1 Å². The maximum absolute atomic E-state index is 12.6. The van der Waals surface area contributed by atoms with E-state index < -0.39 is 0 Å². The van der Waals surface area contributed by atoms with Gasteiger partial charge in [0.2, 0.25) is 0 Å². The molecule has 1 aromatic rings. The van der Waals surface area contributed by atoms with Crippen molar-refractivity contribution in [3.8, 4) is 0 Å². The Morgan fingerprint density at radius 1 is 0.694 bits per heavy atom. The van der Waals surface area contributed by atoms with Crippen molar-refractivity contribution >= 4 is 5.78 Å². The molecule has 0 bridgehead atoms. The lowest BCUT2D eigenvalue weighted by molar-refractivity contribution is -0.916. The molecular formula is C33H58INO. The van der Waals surface area contributed by atoms with Gasteiger partial charge in [0.1, 0.15) is 0 Å². The number of Topliss-reactive ketones (excluding diaryl/α,β-unsaturated/α-hetero) is 1. The fraction of sp³-hybridized carbons (Fsp3) is 0.788. The molecule has 0 spiro atoms. The number of carbonyl (C=O) groups excluding carboxylic acids is 1. The van der Waals surface area contributed by atoms with Crippen LogP contribution < -0.4 is 24.0 Å². The smallest absolute Gasteiger partial charge is 0.162 e. The van der Waals surface area contributed by atoms with Gasteiger partial charge in [-0.3, -0.25) is 4.79 Å². The first-order valence-electron chi connectivity index (χ1n) is 15.4. The molecule has 2 nitrogen and oxygen atoms in total. The van der Waals surface area contributed by atoms with Gasteiger partial charge in [-0.25, -0.2) is 0 Å². The first kappa shape index (κ1) is 33.6. The number of hydrogen-bond donors (Lipinski definition) is 0. The Morgan fingerprint density at radius 2 is 1.17 bits per heavy atom. The maximum Gasteiger partial charge on any atom is 0.162 e. The quantitative estimate of drug-likeness (QED) is 0.0723. The van der Waals surface area contributed by atoms with Crippen LogP contribution in [0.15, 0.2) is 24.3 Å². The predicted molar refractivity (Wildman–Crippen MR) is 153 cm³/mol. The van der Waals surface area contributed by atoms with Gasteiger partial charge in [0.25, 0.3) is 0 Å². The van der Waals surface area contributed by atoms with Crippen molar-refractivity contribution in [2.75, 3.05) is 20.6 Å². The van der Waals surface area contributed by atoms with Crippen molar-refractivity contribution in [2.45, 2.75) is 148 Å². The van der Waals surface area contributed by atoms with Crippen molar-refractivity contribution < 1.29 is 33.3 Å². The number of halogens is 1. The van der Waals surface area contributed by atoms with E-state index in [1.807, 2.05) is 0 Å². The molecule has 0 aliphatic heterocycles. The fourth-order valence-corrected chi connectivity index (χ4v) is 6.26. The highest BCUT2D eigenvalue weighted by atomic mass is 127. The Morgan fingerprint density at radius 3 is 1.64 bits per heavy atom. The fourth-order valence-electron chi connectivity index (χ4n) is 6.26. The average molecular weight is 612 g/mol. The minimum absolute atomic E-state index is 0. The van der Waals surface area contributed by atoms with Gasteiger partial charge in [-0.15, -0.1) is 0 Å². The van der Waals surface area contributed by atoms with Gasteiger partial charge in [-0.05, 0) is 37.2 Å². The van der Waals surface area contributed by atoms with Crippen molar-refractivity contribution in [2.24, 2.45) is 0 Å². The lowest BCUT2D eigenvalue weighted by Gasteiger charge is -2.41. The summed E-state index contributed by atoms with van der Waals surface area (Å²) in [6, 6.07) is 9.50. The second kappa shape index (κ2) is 19.6. The van der Waals surface area contributed by atoms with E-state index in [-0.39, 0.29) is 24.0 Å². The molecule has 1 aromatic carbocycles. The second-order valence-corrected chi connectivity index (χ2v) is 12.0. The van der Waals surface area contributed by atoms with Crippen LogP contribution in [0.3, 0.4) is 0 Å². The molecule has 0 amide bonds. The van der Waals surface area contributed by atoms with Gasteiger partial charge < -0.3 is 28.5 Å². The normalized spacial score (nSPS) is 18.1. The molecule has 36 heavy (non-hydrogen) atoms. The minimum Gasteiger partial charge on any atom is -1.00 e. The Kier molecular flexibility index (Phi) is 18.3. The summed E-state index contributed by atoms with van der Waals surface area (Å²) in [4.78, 5) is 12.6. The summed E-state index contributed by atoms with van der Waals surface area (Å²) in [7, 11) is 4.82. The van der Waals surface area contributed by atoms with E-state index in [2.05, 4.69) is 52.2 Å². The zero-order valence-electron chi connectivity index (χ0n) is 24.3. The average Bonchev–Trinajstić information content (AvgIpc) is 2.87. The molecular weight excluding hydrogens is 553 g/mol. The molecule has 3 heteroatoms. The van der Waals surface area contributed by atoms with Crippen LogP contribution in [0, 0.1) is 0 Å². The predicted octanol–water partition coefficient (Wildman–Crippen LogP) is 6.87. The SMILES string of the molecule is CCCCCCCCCCCCCCCC(=O)c1ccc(C2CCC([N+](C)(C)CCC)CC2)cc1.[I-]. The number of nitrogens with zero attached hydrogens (tertiary/aromatic N) is 1. The number of quaternary nitrogens is 1. The third-order valence-corrected chi connectivity index (χ3v) is 8.70. The van der Waals surface area contributed by atoms with E-state index in [1.165, 1.54) is 126 Å². The summed E-state index contributed by atoms with van der Waals surface area (Å²) >= 11 is 0. The van der Waals surface area contributed by atoms with E-state index >= 15 is 0 Å². The highest BCUT2D eigenvalue weighted by Crippen LogP contribution is 2.36. The first-order chi connectivity index (χ1) is 17.0. The van der Waals surface area contributed by atoms with Crippen LogP contribution in [0.2, 0.25) is 0 Å². The van der Waals surface area contributed by atoms with Crippen LogP contribution in [-0.2, 0) is 0 Å². The Hall–Kier alpha value is -0.420. The van der Waals surface area contributed by atoms with Crippen molar-refractivity contribution in [3.63, 3.8) is 0 Å². The first-order valence-corrected chi connectivity index (χ1v) is 15.4. The second-order valence-electron chi connectivity index (χ2n) is 12.0. The summed E-state index contributed by atoms with van der Waals surface area (Å²) in [5.74, 6) is 1.01. The summed E-state index contributed by atoms with van der Waals surface area (Å²) in [6.45, 7) is 5.87. The topological polar surface area (TPSA) is 17.1 Å². The molecule has 1 aliphatic rings. The van der Waals surface area contributed by atoms with Gasteiger partial charge in [0.05, 0.1) is 26.7 Å². The van der Waals surface area contributed by atoms with Crippen LogP contribution in [-0.4, -0.2) is 36.9 Å². The van der Waals surface area contributed by atoms with E-state index in [0.717, 1.165) is 18.0 Å². The third kappa shape index (κ3) is 12.9. The summed E-state index contributed by atoms with van der Waals surface area (Å²) in [6.07, 6.45) is 24.8. The highest BCUT2D eigenvalue weighted by Gasteiger charge is 2.32. The number of unbranched alkanes of at least 4 members (excludes halogenated alkanes) is 12. The molecule has 0 saturated heterocycles. The van der Waals surface area contributed by atoms with Gasteiger partial charge in [-0.1, -0.05) is 115 Å². The number of rotatable bonds is 19. The lowest BCUT2D eigenvalue weighted by Crippen LogP contribution is -3.00. The number of hydrogen-bond acceptors (Lipinski definition) is 1. The van der Waals surface area contributed by atoms with Crippen LogP contribution in [0.5, 0.6) is 0 Å². The number of carbonyl (C=O) groups is 1. The van der Waals surface area contributed by atoms with Crippen molar-refractivity contribution in [3.05, 3.63) is 35.4 Å². The van der Waals surface area contributed by atoms with E-state index in [1.54, 1.807) is 0 Å². The molecule has 1 fully saturated rings. The van der Waals surface area contributed by atoms with Crippen molar-refractivity contribution in [1.29, 1.82) is 0 Å². The molecule has 0 radical (unpaired) electrons. The molecule has 208 valence electrons. The van der Waals surface area contributed by atoms with Crippen LogP contribution in [0.1, 0.15) is 158 Å². The Labute approximate surface area is 242 Å². The zero-order valence-corrected chi connectivity index (χ0v) is 26.5. The highest BCUT2D eigenvalue weighted by molar-refractivity contribution is 5.96. The molecule has 0 atom stereocenters. The van der Waals surface area contributed by atoms with Crippen LogP contribution in [0.4, 0.5) is 0 Å².